The van der Waals surface area contributed by atoms with Crippen molar-refractivity contribution in [1.82, 2.24) is 14.7 Å². The fraction of sp³-hybridized carbons (Fsp3) is 0.346. The molecule has 33 heavy (non-hydrogen) atoms. The van der Waals surface area contributed by atoms with Crippen LogP contribution < -0.4 is 0 Å². The monoisotopic (exact) mass is 449 g/mol. The van der Waals surface area contributed by atoms with Gasteiger partial charge >= 0.3 is 5.97 Å². The third kappa shape index (κ3) is 4.97. The standard InChI is InChI=1S/C26H28FN3O3/c1-3-18-8-10-19(11-9-18)24-17-23(26(32)33-4-2)28-30(24)22-12-14-29(15-13-22)25(31)20-6-5-7-21(27)16-20/h5-11,16-17,22H,3-4,12-15H2,1-2H3. The Morgan fingerprint density at radius 1 is 1.06 bits per heavy atom. The number of aryl methyl sites for hydroxylation is 1. The van der Waals surface area contributed by atoms with E-state index in [9.17, 15) is 14.0 Å². The van der Waals surface area contributed by atoms with Crippen molar-refractivity contribution in [3.63, 3.8) is 0 Å². The highest BCUT2D eigenvalue weighted by atomic mass is 19.1. The van der Waals surface area contributed by atoms with Crippen LogP contribution in [0.2, 0.25) is 0 Å². The molecule has 1 aliphatic rings. The normalized spacial score (nSPS) is 14.3. The number of hydrogen-bond acceptors (Lipinski definition) is 4. The van der Waals surface area contributed by atoms with E-state index in [0.717, 1.165) is 17.7 Å². The van der Waals surface area contributed by atoms with E-state index in [2.05, 4.69) is 24.2 Å². The lowest BCUT2D eigenvalue weighted by Gasteiger charge is -2.33. The number of piperidine rings is 1. The molecular weight excluding hydrogens is 421 g/mol. The van der Waals surface area contributed by atoms with Crippen LogP contribution >= 0.6 is 0 Å². The van der Waals surface area contributed by atoms with Crippen molar-refractivity contribution in [2.45, 2.75) is 39.2 Å². The molecule has 0 saturated carbocycles. The summed E-state index contributed by atoms with van der Waals surface area (Å²) >= 11 is 0. The zero-order chi connectivity index (χ0) is 23.4. The first-order valence-electron chi connectivity index (χ1n) is 11.4. The SMILES string of the molecule is CCOC(=O)c1cc(-c2ccc(CC)cc2)n(C2CCN(C(=O)c3cccc(F)c3)CC2)n1. The van der Waals surface area contributed by atoms with Gasteiger partial charge in [-0.25, -0.2) is 9.18 Å². The summed E-state index contributed by atoms with van der Waals surface area (Å²) in [5, 5.41) is 4.60. The Labute approximate surface area is 193 Å². The first-order valence-corrected chi connectivity index (χ1v) is 11.4. The second kappa shape index (κ2) is 9.98. The van der Waals surface area contributed by atoms with Crippen molar-refractivity contribution in [3.8, 4) is 11.3 Å². The third-order valence-corrected chi connectivity index (χ3v) is 6.05. The van der Waals surface area contributed by atoms with Gasteiger partial charge in [-0.05, 0) is 61.6 Å². The van der Waals surface area contributed by atoms with Gasteiger partial charge in [0.2, 0.25) is 0 Å². The summed E-state index contributed by atoms with van der Waals surface area (Å²) in [5.41, 5.74) is 3.71. The van der Waals surface area contributed by atoms with Crippen molar-refractivity contribution in [2.24, 2.45) is 0 Å². The minimum atomic E-state index is -0.443. The van der Waals surface area contributed by atoms with E-state index < -0.39 is 11.8 Å². The Morgan fingerprint density at radius 2 is 1.79 bits per heavy atom. The summed E-state index contributed by atoms with van der Waals surface area (Å²) in [5.74, 6) is -1.03. The molecule has 0 aliphatic carbocycles. The fourth-order valence-corrected chi connectivity index (χ4v) is 4.22. The number of halogens is 1. The molecule has 0 bridgehead atoms. The molecule has 6 nitrogen and oxygen atoms in total. The quantitative estimate of drug-likeness (QED) is 0.502. The van der Waals surface area contributed by atoms with E-state index in [-0.39, 0.29) is 24.2 Å². The van der Waals surface area contributed by atoms with Crippen LogP contribution in [0.3, 0.4) is 0 Å². The van der Waals surface area contributed by atoms with Gasteiger partial charge < -0.3 is 9.64 Å². The first kappa shape index (κ1) is 22.7. The van der Waals surface area contributed by atoms with Crippen LogP contribution in [0.1, 0.15) is 59.1 Å². The molecular formula is C26H28FN3O3. The van der Waals surface area contributed by atoms with Gasteiger partial charge in [-0.2, -0.15) is 5.10 Å². The van der Waals surface area contributed by atoms with Crippen LogP contribution in [-0.2, 0) is 11.2 Å². The van der Waals surface area contributed by atoms with Gasteiger partial charge in [0.25, 0.3) is 5.91 Å². The highest BCUT2D eigenvalue weighted by Gasteiger charge is 2.28. The summed E-state index contributed by atoms with van der Waals surface area (Å²) in [4.78, 5) is 26.9. The first-order chi connectivity index (χ1) is 16.0. The number of amides is 1. The van der Waals surface area contributed by atoms with Crippen molar-refractivity contribution < 1.29 is 18.7 Å². The largest absolute Gasteiger partial charge is 0.461 e. The molecule has 0 radical (unpaired) electrons. The number of aromatic nitrogens is 2. The van der Waals surface area contributed by atoms with Crippen LogP contribution in [0.15, 0.2) is 54.6 Å². The maximum Gasteiger partial charge on any atom is 0.358 e. The zero-order valence-electron chi connectivity index (χ0n) is 19.0. The lowest BCUT2D eigenvalue weighted by Crippen LogP contribution is -2.39. The van der Waals surface area contributed by atoms with Gasteiger partial charge in [-0.15, -0.1) is 0 Å². The number of likely N-dealkylation sites (tertiary alicyclic amines) is 1. The molecule has 1 fully saturated rings. The molecule has 1 aromatic heterocycles. The Morgan fingerprint density at radius 3 is 2.42 bits per heavy atom. The molecule has 4 rings (SSSR count). The molecule has 1 aliphatic heterocycles. The Bertz CT molecular complexity index is 1130. The molecule has 2 heterocycles. The minimum Gasteiger partial charge on any atom is -0.461 e. The van der Waals surface area contributed by atoms with E-state index in [4.69, 9.17) is 4.74 Å². The molecule has 0 spiro atoms. The van der Waals surface area contributed by atoms with Crippen LogP contribution in [0, 0.1) is 5.82 Å². The molecule has 0 unspecified atom stereocenters. The summed E-state index contributed by atoms with van der Waals surface area (Å²) in [6.45, 7) is 5.22. The highest BCUT2D eigenvalue weighted by Crippen LogP contribution is 2.30. The number of carbonyl (C=O) groups is 2. The average molecular weight is 450 g/mol. The summed E-state index contributed by atoms with van der Waals surface area (Å²) in [7, 11) is 0. The van der Waals surface area contributed by atoms with Crippen LogP contribution in [0.5, 0.6) is 0 Å². The van der Waals surface area contributed by atoms with Crippen molar-refractivity contribution in [3.05, 3.63) is 77.2 Å². The third-order valence-electron chi connectivity index (χ3n) is 6.05. The molecule has 172 valence electrons. The van der Waals surface area contributed by atoms with Gasteiger partial charge in [0, 0.05) is 18.7 Å². The number of esters is 1. The summed E-state index contributed by atoms with van der Waals surface area (Å²) < 4.78 is 20.6. The van der Waals surface area contributed by atoms with Crippen molar-refractivity contribution in [2.75, 3.05) is 19.7 Å². The average Bonchev–Trinajstić information content (AvgIpc) is 3.29. The van der Waals surface area contributed by atoms with Gasteiger partial charge in [-0.3, -0.25) is 9.48 Å². The molecule has 2 aromatic carbocycles. The molecule has 0 atom stereocenters. The van der Waals surface area contributed by atoms with E-state index in [0.29, 0.717) is 31.5 Å². The second-order valence-corrected chi connectivity index (χ2v) is 8.16. The lowest BCUT2D eigenvalue weighted by molar-refractivity contribution is 0.0517. The molecule has 1 amide bonds. The topological polar surface area (TPSA) is 64.4 Å². The van der Waals surface area contributed by atoms with Crippen LogP contribution in [0.4, 0.5) is 4.39 Å². The fourth-order valence-electron chi connectivity index (χ4n) is 4.22. The zero-order valence-corrected chi connectivity index (χ0v) is 19.0. The second-order valence-electron chi connectivity index (χ2n) is 8.16. The Balaban J connectivity index is 1.56. The van der Waals surface area contributed by atoms with Crippen molar-refractivity contribution >= 4 is 11.9 Å². The summed E-state index contributed by atoms with van der Waals surface area (Å²) in [6.07, 6.45) is 2.32. The van der Waals surface area contributed by atoms with E-state index in [1.807, 2.05) is 16.8 Å². The maximum atomic E-state index is 13.5. The van der Waals surface area contributed by atoms with Gasteiger partial charge in [0.1, 0.15) is 5.82 Å². The summed E-state index contributed by atoms with van der Waals surface area (Å²) in [6, 6.07) is 15.8. The number of rotatable bonds is 6. The molecule has 1 saturated heterocycles. The van der Waals surface area contributed by atoms with E-state index in [1.54, 1.807) is 30.0 Å². The van der Waals surface area contributed by atoms with Crippen molar-refractivity contribution in [1.29, 1.82) is 0 Å². The highest BCUT2D eigenvalue weighted by molar-refractivity contribution is 5.94. The maximum absolute atomic E-state index is 13.5. The molecule has 0 N–H and O–H groups in total. The van der Waals surface area contributed by atoms with Crippen LogP contribution in [-0.4, -0.2) is 46.3 Å². The van der Waals surface area contributed by atoms with E-state index >= 15 is 0 Å². The Kier molecular flexibility index (Phi) is 6.87. The minimum absolute atomic E-state index is 0.0330. The number of carbonyl (C=O) groups excluding carboxylic acids is 2. The predicted molar refractivity (Wildman–Crippen MR) is 124 cm³/mol. The predicted octanol–water partition coefficient (Wildman–Crippen LogP) is 4.91. The van der Waals surface area contributed by atoms with Gasteiger partial charge in [0.05, 0.1) is 18.3 Å². The lowest BCUT2D eigenvalue weighted by atomic mass is 10.0. The number of hydrogen-bond donors (Lipinski definition) is 0. The van der Waals surface area contributed by atoms with Gasteiger partial charge in [0.15, 0.2) is 5.69 Å². The number of nitrogens with zero attached hydrogens (tertiary/aromatic N) is 3. The van der Waals surface area contributed by atoms with Gasteiger partial charge in [-0.1, -0.05) is 37.3 Å². The number of benzene rings is 2. The number of ether oxygens (including phenoxy) is 1. The smallest absolute Gasteiger partial charge is 0.358 e. The van der Waals surface area contributed by atoms with E-state index in [1.165, 1.54) is 17.7 Å². The molecule has 3 aromatic rings. The Hall–Kier alpha value is -3.48. The van der Waals surface area contributed by atoms with Crippen LogP contribution in [0.25, 0.3) is 11.3 Å². The molecule has 7 heteroatoms.